The van der Waals surface area contributed by atoms with Gasteiger partial charge in [0.05, 0.1) is 0 Å². The molecular weight excluding hydrogens is 172 g/mol. The van der Waals surface area contributed by atoms with Crippen LogP contribution in [0.5, 0.6) is 0 Å². The average molecular weight is 188 g/mol. The lowest BCUT2D eigenvalue weighted by molar-refractivity contribution is -0.399. The van der Waals surface area contributed by atoms with Crippen molar-refractivity contribution >= 4 is 0 Å². The monoisotopic (exact) mass is 188 g/mol. The quantitative estimate of drug-likeness (QED) is 0.654. The summed E-state index contributed by atoms with van der Waals surface area (Å²) in [5.41, 5.74) is 0. The molecule has 0 unspecified atom stereocenters. The highest BCUT2D eigenvalue weighted by atomic mass is 16.8. The fourth-order valence-electron chi connectivity index (χ4n) is 1.22. The molecule has 1 saturated heterocycles. The van der Waals surface area contributed by atoms with Crippen molar-refractivity contribution in [2.75, 3.05) is 20.8 Å². The van der Waals surface area contributed by atoms with Crippen LogP contribution in [0.1, 0.15) is 13.8 Å². The van der Waals surface area contributed by atoms with E-state index in [1.807, 2.05) is 0 Å². The Morgan fingerprint density at radius 2 is 1.77 bits per heavy atom. The summed E-state index contributed by atoms with van der Waals surface area (Å²) in [6, 6.07) is 0. The smallest absolute Gasteiger partial charge is 0.261 e. The molecule has 1 rings (SSSR count). The molecule has 0 saturated carbocycles. The maximum Gasteiger partial charge on any atom is 0.261 e. The Morgan fingerprint density at radius 1 is 1.23 bits per heavy atom. The molecule has 0 radical (unpaired) electrons. The van der Waals surface area contributed by atoms with Gasteiger partial charge in [-0.25, -0.2) is 0 Å². The zero-order chi connectivity index (χ0) is 10.1. The van der Waals surface area contributed by atoms with Gasteiger partial charge in [0, 0.05) is 21.1 Å². The Balaban J connectivity index is 2.90. The minimum atomic E-state index is -0.947. The molecule has 1 aliphatic rings. The molecule has 4 nitrogen and oxygen atoms in total. The van der Waals surface area contributed by atoms with E-state index in [4.69, 9.17) is 18.9 Å². The van der Waals surface area contributed by atoms with Crippen LogP contribution >= 0.6 is 0 Å². The summed E-state index contributed by atoms with van der Waals surface area (Å²) in [5.74, 6) is -1.31. The number of hydrogen-bond acceptors (Lipinski definition) is 4. The molecule has 1 aliphatic heterocycles. The predicted molar refractivity (Wildman–Crippen MR) is 47.0 cm³/mol. The van der Waals surface area contributed by atoms with Gasteiger partial charge in [-0.1, -0.05) is 6.58 Å². The molecule has 0 aromatic carbocycles. The Kier molecular flexibility index (Phi) is 2.66. The average Bonchev–Trinajstić information content (AvgIpc) is 2.12. The summed E-state index contributed by atoms with van der Waals surface area (Å²) in [6.07, 6.45) is 0. The summed E-state index contributed by atoms with van der Waals surface area (Å²) in [7, 11) is 3.09. The molecule has 1 heterocycles. The van der Waals surface area contributed by atoms with Crippen LogP contribution in [0.3, 0.4) is 0 Å². The van der Waals surface area contributed by atoms with Gasteiger partial charge in [-0.05, 0) is 6.92 Å². The van der Waals surface area contributed by atoms with Crippen molar-refractivity contribution in [3.05, 3.63) is 12.3 Å². The van der Waals surface area contributed by atoms with Crippen molar-refractivity contribution in [1.82, 2.24) is 0 Å². The van der Waals surface area contributed by atoms with Crippen LogP contribution < -0.4 is 0 Å². The third kappa shape index (κ3) is 1.57. The zero-order valence-electron chi connectivity index (χ0n) is 8.55. The number of ether oxygens (including phenoxy) is 4. The van der Waals surface area contributed by atoms with Crippen LogP contribution in [-0.4, -0.2) is 32.4 Å². The first kappa shape index (κ1) is 10.5. The highest BCUT2D eigenvalue weighted by Gasteiger charge is 2.52. The van der Waals surface area contributed by atoms with Crippen LogP contribution in [-0.2, 0) is 18.9 Å². The van der Waals surface area contributed by atoms with Crippen molar-refractivity contribution in [3.63, 3.8) is 0 Å². The summed E-state index contributed by atoms with van der Waals surface area (Å²) >= 11 is 0. The van der Waals surface area contributed by atoms with E-state index in [9.17, 15) is 0 Å². The molecule has 0 aromatic heterocycles. The van der Waals surface area contributed by atoms with Gasteiger partial charge < -0.3 is 18.9 Å². The van der Waals surface area contributed by atoms with Crippen LogP contribution in [0.25, 0.3) is 0 Å². The fourth-order valence-corrected chi connectivity index (χ4v) is 1.22. The van der Waals surface area contributed by atoms with E-state index in [0.29, 0.717) is 12.4 Å². The van der Waals surface area contributed by atoms with Gasteiger partial charge in [0.2, 0.25) is 5.79 Å². The van der Waals surface area contributed by atoms with Crippen LogP contribution in [0.4, 0.5) is 0 Å². The summed E-state index contributed by atoms with van der Waals surface area (Å²) in [6.45, 7) is 7.51. The second-order valence-corrected chi connectivity index (χ2v) is 3.23. The minimum Gasteiger partial charge on any atom is -0.459 e. The standard InChI is InChI=1S/C9H16O4/c1-7-6-12-8(2,10-4)9(3,11-5)13-7/h1,6H2,2-5H3/t8-,9-/m1/s1. The first-order valence-electron chi connectivity index (χ1n) is 4.08. The molecule has 1 fully saturated rings. The third-order valence-corrected chi connectivity index (χ3v) is 2.45. The van der Waals surface area contributed by atoms with Gasteiger partial charge in [0.25, 0.3) is 5.79 Å². The SMILES string of the molecule is C=C1CO[C@@](C)(OC)[C@](C)(OC)O1. The van der Waals surface area contributed by atoms with Gasteiger partial charge in [-0.2, -0.15) is 0 Å². The summed E-state index contributed by atoms with van der Waals surface area (Å²) < 4.78 is 21.4. The van der Waals surface area contributed by atoms with Gasteiger partial charge >= 0.3 is 0 Å². The molecule has 4 heteroatoms. The Labute approximate surface area is 78.4 Å². The van der Waals surface area contributed by atoms with Gasteiger partial charge in [-0.15, -0.1) is 0 Å². The lowest BCUT2D eigenvalue weighted by Crippen LogP contribution is -2.59. The molecule has 0 bridgehead atoms. The highest BCUT2D eigenvalue weighted by molar-refractivity contribution is 4.96. The van der Waals surface area contributed by atoms with Crippen molar-refractivity contribution < 1.29 is 18.9 Å². The predicted octanol–water partition coefficient (Wildman–Crippen LogP) is 1.27. The van der Waals surface area contributed by atoms with E-state index in [2.05, 4.69) is 6.58 Å². The molecule has 0 amide bonds. The van der Waals surface area contributed by atoms with Crippen molar-refractivity contribution in [2.45, 2.75) is 25.4 Å². The molecule has 2 atom stereocenters. The number of methoxy groups -OCH3 is 2. The van der Waals surface area contributed by atoms with E-state index >= 15 is 0 Å². The van der Waals surface area contributed by atoms with Gasteiger partial charge in [-0.3, -0.25) is 0 Å². The third-order valence-electron chi connectivity index (χ3n) is 2.45. The van der Waals surface area contributed by atoms with E-state index in [0.717, 1.165) is 0 Å². The Morgan fingerprint density at radius 3 is 2.23 bits per heavy atom. The zero-order valence-corrected chi connectivity index (χ0v) is 8.55. The highest BCUT2D eigenvalue weighted by Crippen LogP contribution is 2.36. The number of hydrogen-bond donors (Lipinski definition) is 0. The van der Waals surface area contributed by atoms with E-state index in [1.54, 1.807) is 28.1 Å². The number of rotatable bonds is 2. The Bertz CT molecular complexity index is 216. The molecule has 13 heavy (non-hydrogen) atoms. The lowest BCUT2D eigenvalue weighted by Gasteiger charge is -2.46. The maximum absolute atomic E-state index is 5.46. The Hall–Kier alpha value is -0.580. The largest absolute Gasteiger partial charge is 0.459 e. The van der Waals surface area contributed by atoms with Gasteiger partial charge in [0.15, 0.2) is 0 Å². The van der Waals surface area contributed by atoms with E-state index in [1.165, 1.54) is 0 Å². The first-order valence-corrected chi connectivity index (χ1v) is 4.08. The summed E-state index contributed by atoms with van der Waals surface area (Å²) in [5, 5.41) is 0. The lowest BCUT2D eigenvalue weighted by atomic mass is 10.1. The second kappa shape index (κ2) is 3.29. The van der Waals surface area contributed by atoms with Crippen LogP contribution in [0.15, 0.2) is 12.3 Å². The van der Waals surface area contributed by atoms with Crippen LogP contribution in [0, 0.1) is 0 Å². The van der Waals surface area contributed by atoms with Gasteiger partial charge in [0.1, 0.15) is 12.4 Å². The molecule has 76 valence electrons. The van der Waals surface area contributed by atoms with Crippen LogP contribution in [0.2, 0.25) is 0 Å². The van der Waals surface area contributed by atoms with Crippen molar-refractivity contribution in [1.29, 1.82) is 0 Å². The molecular formula is C9H16O4. The maximum atomic E-state index is 5.46. The first-order chi connectivity index (χ1) is 5.97. The van der Waals surface area contributed by atoms with Crippen molar-refractivity contribution in [2.24, 2.45) is 0 Å². The molecule has 0 aromatic rings. The topological polar surface area (TPSA) is 36.9 Å². The molecule has 0 spiro atoms. The van der Waals surface area contributed by atoms with Crippen molar-refractivity contribution in [3.8, 4) is 0 Å². The van der Waals surface area contributed by atoms with E-state index < -0.39 is 11.6 Å². The fraction of sp³-hybridized carbons (Fsp3) is 0.778. The molecule has 0 aliphatic carbocycles. The normalized spacial score (nSPS) is 40.2. The van der Waals surface area contributed by atoms with E-state index in [-0.39, 0.29) is 0 Å². The summed E-state index contributed by atoms with van der Waals surface area (Å²) in [4.78, 5) is 0. The minimum absolute atomic E-state index is 0.323. The second-order valence-electron chi connectivity index (χ2n) is 3.23. The molecule has 0 N–H and O–H groups in total.